The minimum Gasteiger partial charge on any atom is -0.356 e. The summed E-state index contributed by atoms with van der Waals surface area (Å²) in [4.78, 5) is 9.06. The van der Waals surface area contributed by atoms with Gasteiger partial charge in [-0.1, -0.05) is 13.3 Å². The third-order valence-electron chi connectivity index (χ3n) is 3.53. The Labute approximate surface area is 135 Å². The van der Waals surface area contributed by atoms with Gasteiger partial charge in [0.2, 0.25) is 0 Å². The van der Waals surface area contributed by atoms with Gasteiger partial charge in [0.25, 0.3) is 0 Å². The number of halogens is 1. The van der Waals surface area contributed by atoms with Crippen LogP contribution in [0.5, 0.6) is 0 Å². The Morgan fingerprint density at radius 2 is 2.00 bits per heavy atom. The second-order valence-electron chi connectivity index (χ2n) is 5.13. The van der Waals surface area contributed by atoms with Crippen LogP contribution in [-0.4, -0.2) is 75.7 Å². The largest absolute Gasteiger partial charge is 0.356 e. The molecule has 1 rings (SSSR count). The average molecular weight is 383 g/mol. The standard InChI is InChI=1S/C13H29N5.HI/c1-5-6-7-15-13(14-2)16-10-12-11-17(3)8-9-18(12)4;/h12H,5-11H2,1-4H3,(H2,14,15,16);1H. The number of nitrogens with zero attached hydrogens (tertiary/aromatic N) is 3. The molecule has 0 radical (unpaired) electrons. The normalized spacial score (nSPS) is 21.9. The Kier molecular flexibility index (Phi) is 10.6. The molecule has 0 aliphatic carbocycles. The van der Waals surface area contributed by atoms with Gasteiger partial charge in [-0.3, -0.25) is 9.89 Å². The molecule has 5 nitrogen and oxygen atoms in total. The van der Waals surface area contributed by atoms with Crippen molar-refractivity contribution in [1.82, 2.24) is 20.4 Å². The number of piperazine rings is 1. The SMILES string of the molecule is CCCCNC(=NC)NCC1CN(C)CCN1C.I. The summed E-state index contributed by atoms with van der Waals surface area (Å²) in [5.41, 5.74) is 0. The molecular formula is C13H30IN5. The van der Waals surface area contributed by atoms with E-state index >= 15 is 0 Å². The summed E-state index contributed by atoms with van der Waals surface area (Å²) in [7, 11) is 6.22. The number of hydrogen-bond acceptors (Lipinski definition) is 3. The van der Waals surface area contributed by atoms with E-state index in [0.29, 0.717) is 6.04 Å². The van der Waals surface area contributed by atoms with E-state index in [1.807, 2.05) is 7.05 Å². The van der Waals surface area contributed by atoms with E-state index in [4.69, 9.17) is 0 Å². The predicted octanol–water partition coefficient (Wildman–Crippen LogP) is 0.815. The number of likely N-dealkylation sites (N-methyl/N-ethyl adjacent to an activating group) is 2. The second-order valence-corrected chi connectivity index (χ2v) is 5.13. The number of aliphatic imine (C=N–C) groups is 1. The lowest BCUT2D eigenvalue weighted by atomic mass is 10.2. The highest BCUT2D eigenvalue weighted by Gasteiger charge is 2.21. The zero-order chi connectivity index (χ0) is 13.4. The average Bonchev–Trinajstić information content (AvgIpc) is 2.37. The van der Waals surface area contributed by atoms with E-state index in [0.717, 1.165) is 38.7 Å². The Balaban J connectivity index is 0.00000324. The molecule has 114 valence electrons. The van der Waals surface area contributed by atoms with E-state index in [1.165, 1.54) is 12.8 Å². The molecule has 1 heterocycles. The summed E-state index contributed by atoms with van der Waals surface area (Å²) >= 11 is 0. The Morgan fingerprint density at radius 1 is 1.26 bits per heavy atom. The lowest BCUT2D eigenvalue weighted by Crippen LogP contribution is -2.55. The highest BCUT2D eigenvalue weighted by Crippen LogP contribution is 2.04. The van der Waals surface area contributed by atoms with Crippen LogP contribution in [0, 0.1) is 0 Å². The van der Waals surface area contributed by atoms with Crippen molar-refractivity contribution in [2.24, 2.45) is 4.99 Å². The van der Waals surface area contributed by atoms with Crippen molar-refractivity contribution in [3.63, 3.8) is 0 Å². The van der Waals surface area contributed by atoms with E-state index in [9.17, 15) is 0 Å². The molecule has 0 aromatic carbocycles. The number of guanidine groups is 1. The molecule has 2 N–H and O–H groups in total. The minimum atomic E-state index is 0. The third kappa shape index (κ3) is 7.31. The summed E-state index contributed by atoms with van der Waals surface area (Å²) in [5, 5.41) is 6.76. The molecule has 1 atom stereocenters. The molecular weight excluding hydrogens is 353 g/mol. The lowest BCUT2D eigenvalue weighted by Gasteiger charge is -2.37. The summed E-state index contributed by atoms with van der Waals surface area (Å²) in [6.07, 6.45) is 2.40. The van der Waals surface area contributed by atoms with Crippen LogP contribution in [0.15, 0.2) is 4.99 Å². The van der Waals surface area contributed by atoms with Crippen LogP contribution in [0.3, 0.4) is 0 Å². The number of hydrogen-bond donors (Lipinski definition) is 2. The van der Waals surface area contributed by atoms with E-state index in [-0.39, 0.29) is 24.0 Å². The smallest absolute Gasteiger partial charge is 0.191 e. The highest BCUT2D eigenvalue weighted by molar-refractivity contribution is 14.0. The summed E-state index contributed by atoms with van der Waals surface area (Å²) < 4.78 is 0. The van der Waals surface area contributed by atoms with E-state index in [2.05, 4.69) is 46.4 Å². The fourth-order valence-electron chi connectivity index (χ4n) is 2.14. The van der Waals surface area contributed by atoms with Gasteiger partial charge in [0, 0.05) is 45.8 Å². The van der Waals surface area contributed by atoms with Gasteiger partial charge in [-0.05, 0) is 20.5 Å². The molecule has 1 aliphatic heterocycles. The molecule has 0 bridgehead atoms. The minimum absolute atomic E-state index is 0. The van der Waals surface area contributed by atoms with Crippen molar-refractivity contribution in [3.05, 3.63) is 0 Å². The van der Waals surface area contributed by atoms with Gasteiger partial charge in [-0.2, -0.15) is 0 Å². The third-order valence-corrected chi connectivity index (χ3v) is 3.53. The first-order chi connectivity index (χ1) is 8.67. The first-order valence-corrected chi connectivity index (χ1v) is 7.00. The van der Waals surface area contributed by atoms with E-state index < -0.39 is 0 Å². The van der Waals surface area contributed by atoms with Crippen LogP contribution in [0.2, 0.25) is 0 Å². The van der Waals surface area contributed by atoms with Crippen LogP contribution >= 0.6 is 24.0 Å². The maximum atomic E-state index is 4.25. The van der Waals surface area contributed by atoms with Gasteiger partial charge < -0.3 is 15.5 Å². The van der Waals surface area contributed by atoms with Gasteiger partial charge in [-0.15, -0.1) is 24.0 Å². The number of unbranched alkanes of at least 4 members (excludes halogenated alkanes) is 1. The van der Waals surface area contributed by atoms with Crippen molar-refractivity contribution in [3.8, 4) is 0 Å². The molecule has 0 spiro atoms. The van der Waals surface area contributed by atoms with Crippen LogP contribution in [0.25, 0.3) is 0 Å². The summed E-state index contributed by atoms with van der Waals surface area (Å²) in [6, 6.07) is 0.563. The quantitative estimate of drug-likeness (QED) is 0.319. The van der Waals surface area contributed by atoms with Gasteiger partial charge in [0.1, 0.15) is 0 Å². The fraction of sp³-hybridized carbons (Fsp3) is 0.923. The molecule has 1 fully saturated rings. The molecule has 0 aromatic rings. The second kappa shape index (κ2) is 10.7. The maximum absolute atomic E-state index is 4.25. The van der Waals surface area contributed by atoms with E-state index in [1.54, 1.807) is 0 Å². The molecule has 0 amide bonds. The number of nitrogens with one attached hydrogen (secondary N) is 2. The number of rotatable bonds is 5. The van der Waals surface area contributed by atoms with Crippen LogP contribution < -0.4 is 10.6 Å². The monoisotopic (exact) mass is 383 g/mol. The predicted molar refractivity (Wildman–Crippen MR) is 93.6 cm³/mol. The fourth-order valence-corrected chi connectivity index (χ4v) is 2.14. The summed E-state index contributed by atoms with van der Waals surface area (Å²) in [5.74, 6) is 0.921. The van der Waals surface area contributed by atoms with Gasteiger partial charge >= 0.3 is 0 Å². The molecule has 1 unspecified atom stereocenters. The topological polar surface area (TPSA) is 42.9 Å². The van der Waals surface area contributed by atoms with Crippen molar-refractivity contribution in [2.75, 3.05) is 53.9 Å². The molecule has 0 saturated carbocycles. The Hall–Kier alpha value is -0.0800. The Bertz CT molecular complexity index is 259. The molecule has 19 heavy (non-hydrogen) atoms. The zero-order valence-electron chi connectivity index (χ0n) is 12.8. The van der Waals surface area contributed by atoms with Crippen LogP contribution in [-0.2, 0) is 0 Å². The van der Waals surface area contributed by atoms with Crippen molar-refractivity contribution >= 4 is 29.9 Å². The van der Waals surface area contributed by atoms with Gasteiger partial charge in [0.15, 0.2) is 5.96 Å². The molecule has 1 saturated heterocycles. The Morgan fingerprint density at radius 3 is 2.63 bits per heavy atom. The van der Waals surface area contributed by atoms with Crippen molar-refractivity contribution in [2.45, 2.75) is 25.8 Å². The molecule has 0 aromatic heterocycles. The molecule has 1 aliphatic rings. The van der Waals surface area contributed by atoms with Crippen LogP contribution in [0.4, 0.5) is 0 Å². The van der Waals surface area contributed by atoms with Crippen molar-refractivity contribution in [1.29, 1.82) is 0 Å². The first-order valence-electron chi connectivity index (χ1n) is 7.00. The zero-order valence-corrected chi connectivity index (χ0v) is 15.1. The van der Waals surface area contributed by atoms with Crippen molar-refractivity contribution < 1.29 is 0 Å². The summed E-state index contributed by atoms with van der Waals surface area (Å²) in [6.45, 7) is 7.57. The lowest BCUT2D eigenvalue weighted by molar-refractivity contribution is 0.116. The van der Waals surface area contributed by atoms with Gasteiger partial charge in [0.05, 0.1) is 0 Å². The maximum Gasteiger partial charge on any atom is 0.191 e. The first kappa shape index (κ1) is 18.9. The molecule has 6 heteroatoms. The van der Waals surface area contributed by atoms with Gasteiger partial charge in [-0.25, -0.2) is 0 Å². The van der Waals surface area contributed by atoms with Crippen LogP contribution in [0.1, 0.15) is 19.8 Å². The highest BCUT2D eigenvalue weighted by atomic mass is 127.